The molecule has 2 aromatic carbocycles. The van der Waals surface area contributed by atoms with E-state index in [2.05, 4.69) is 10.4 Å². The van der Waals surface area contributed by atoms with E-state index in [0.717, 1.165) is 4.68 Å². The lowest BCUT2D eigenvalue weighted by Crippen LogP contribution is -2.36. The van der Waals surface area contributed by atoms with E-state index >= 15 is 0 Å². The molecule has 0 unspecified atom stereocenters. The Morgan fingerprint density at radius 1 is 0.970 bits per heavy atom. The molecule has 0 fully saturated rings. The van der Waals surface area contributed by atoms with Crippen LogP contribution in [0.1, 0.15) is 16.1 Å². The predicted molar refractivity (Wildman–Crippen MR) is 121 cm³/mol. The molecule has 0 aliphatic rings. The SMILES string of the molecule is COC(=O)c1c(-c2ccccc2)c(-c2ccccc2)nn(CC(=O)NCc2ccco2)c1=O. The maximum atomic E-state index is 13.3. The van der Waals surface area contributed by atoms with Crippen LogP contribution in [0.5, 0.6) is 0 Å². The van der Waals surface area contributed by atoms with E-state index in [4.69, 9.17) is 9.15 Å². The van der Waals surface area contributed by atoms with Crippen molar-refractivity contribution in [2.24, 2.45) is 0 Å². The predicted octanol–water partition coefficient (Wildman–Crippen LogP) is 3.27. The molecule has 0 saturated carbocycles. The Morgan fingerprint density at radius 3 is 2.24 bits per heavy atom. The van der Waals surface area contributed by atoms with Gasteiger partial charge in [-0.05, 0) is 17.7 Å². The smallest absolute Gasteiger partial charge is 0.344 e. The van der Waals surface area contributed by atoms with E-state index in [1.807, 2.05) is 36.4 Å². The highest BCUT2D eigenvalue weighted by molar-refractivity contribution is 6.00. The van der Waals surface area contributed by atoms with Crippen LogP contribution in [0.15, 0.2) is 88.3 Å². The molecule has 0 aliphatic carbocycles. The van der Waals surface area contributed by atoms with E-state index in [1.54, 1.807) is 36.4 Å². The van der Waals surface area contributed by atoms with Gasteiger partial charge in [0.2, 0.25) is 5.91 Å². The number of carbonyl (C=O) groups excluding carboxylic acids is 2. The Kier molecular flexibility index (Phi) is 6.45. The Hall–Kier alpha value is -4.46. The van der Waals surface area contributed by atoms with Crippen molar-refractivity contribution in [3.05, 3.63) is 101 Å². The Labute approximate surface area is 189 Å². The van der Waals surface area contributed by atoms with Crippen molar-refractivity contribution in [3.8, 4) is 22.4 Å². The van der Waals surface area contributed by atoms with Crippen molar-refractivity contribution < 1.29 is 18.7 Å². The van der Waals surface area contributed by atoms with Crippen LogP contribution in [-0.2, 0) is 22.6 Å². The third-order valence-electron chi connectivity index (χ3n) is 4.99. The monoisotopic (exact) mass is 443 g/mol. The third kappa shape index (κ3) is 4.74. The first-order chi connectivity index (χ1) is 16.1. The first-order valence-electron chi connectivity index (χ1n) is 10.2. The van der Waals surface area contributed by atoms with Gasteiger partial charge in [-0.2, -0.15) is 5.10 Å². The second-order valence-corrected chi connectivity index (χ2v) is 7.14. The van der Waals surface area contributed by atoms with Gasteiger partial charge in [0.25, 0.3) is 5.56 Å². The first kappa shape index (κ1) is 21.8. The van der Waals surface area contributed by atoms with Crippen molar-refractivity contribution in [2.75, 3.05) is 7.11 Å². The molecule has 0 aliphatic heterocycles. The molecule has 0 spiro atoms. The normalized spacial score (nSPS) is 10.6. The lowest BCUT2D eigenvalue weighted by molar-refractivity contribution is -0.122. The van der Waals surface area contributed by atoms with Gasteiger partial charge in [-0.25, -0.2) is 9.48 Å². The van der Waals surface area contributed by atoms with Gasteiger partial charge in [-0.3, -0.25) is 9.59 Å². The van der Waals surface area contributed by atoms with Crippen molar-refractivity contribution >= 4 is 11.9 Å². The second kappa shape index (κ2) is 9.78. The third-order valence-corrected chi connectivity index (χ3v) is 4.99. The maximum absolute atomic E-state index is 13.3. The van der Waals surface area contributed by atoms with Crippen LogP contribution in [0, 0.1) is 0 Å². The van der Waals surface area contributed by atoms with Crippen LogP contribution in [0.25, 0.3) is 22.4 Å². The zero-order chi connectivity index (χ0) is 23.2. The fourth-order valence-corrected chi connectivity index (χ4v) is 3.44. The highest BCUT2D eigenvalue weighted by Crippen LogP contribution is 2.32. The average molecular weight is 443 g/mol. The molecule has 33 heavy (non-hydrogen) atoms. The van der Waals surface area contributed by atoms with E-state index in [0.29, 0.717) is 28.1 Å². The van der Waals surface area contributed by atoms with E-state index < -0.39 is 17.4 Å². The van der Waals surface area contributed by atoms with Gasteiger partial charge < -0.3 is 14.5 Å². The van der Waals surface area contributed by atoms with Gasteiger partial charge in [-0.1, -0.05) is 60.7 Å². The standard InChI is InChI=1S/C25H21N3O5/c1-32-25(31)22-21(17-9-4-2-5-10-17)23(18-11-6-3-7-12-18)27-28(24(22)30)16-20(29)26-15-19-13-8-14-33-19/h2-14H,15-16H2,1H3,(H,26,29). The number of ether oxygens (including phenoxy) is 1. The fraction of sp³-hybridized carbons (Fsp3) is 0.120. The highest BCUT2D eigenvalue weighted by atomic mass is 16.5. The minimum Gasteiger partial charge on any atom is -0.467 e. The van der Waals surface area contributed by atoms with Crippen LogP contribution < -0.4 is 10.9 Å². The molecule has 8 nitrogen and oxygen atoms in total. The molecule has 0 saturated heterocycles. The zero-order valence-electron chi connectivity index (χ0n) is 17.9. The number of nitrogens with zero attached hydrogens (tertiary/aromatic N) is 2. The van der Waals surface area contributed by atoms with Crippen molar-refractivity contribution in [2.45, 2.75) is 13.1 Å². The number of amides is 1. The van der Waals surface area contributed by atoms with Crippen molar-refractivity contribution in [3.63, 3.8) is 0 Å². The second-order valence-electron chi connectivity index (χ2n) is 7.14. The number of esters is 1. The largest absolute Gasteiger partial charge is 0.467 e. The number of benzene rings is 2. The summed E-state index contributed by atoms with van der Waals surface area (Å²) in [7, 11) is 1.21. The number of carbonyl (C=O) groups is 2. The molecule has 0 radical (unpaired) electrons. The summed E-state index contributed by atoms with van der Waals surface area (Å²) in [5.74, 6) is -0.685. The topological polar surface area (TPSA) is 103 Å². The molecule has 4 aromatic rings. The summed E-state index contributed by atoms with van der Waals surface area (Å²) in [5, 5.41) is 7.17. The first-order valence-corrected chi connectivity index (χ1v) is 10.2. The number of hydrogen-bond acceptors (Lipinski definition) is 6. The minimum absolute atomic E-state index is 0.165. The average Bonchev–Trinajstić information content (AvgIpc) is 3.38. The molecular formula is C25H21N3O5. The zero-order valence-corrected chi connectivity index (χ0v) is 17.9. The molecular weight excluding hydrogens is 422 g/mol. The lowest BCUT2D eigenvalue weighted by Gasteiger charge is -2.16. The number of nitrogens with one attached hydrogen (secondary N) is 1. The van der Waals surface area contributed by atoms with Crippen LogP contribution >= 0.6 is 0 Å². The summed E-state index contributed by atoms with van der Waals surface area (Å²) in [6.45, 7) is -0.212. The van der Waals surface area contributed by atoms with Gasteiger partial charge in [0, 0.05) is 11.1 Å². The van der Waals surface area contributed by atoms with Gasteiger partial charge in [0.05, 0.1) is 25.6 Å². The van der Waals surface area contributed by atoms with Crippen LogP contribution in [0.2, 0.25) is 0 Å². The number of rotatable bonds is 7. The molecule has 2 heterocycles. The van der Waals surface area contributed by atoms with E-state index in [1.165, 1.54) is 13.4 Å². The highest BCUT2D eigenvalue weighted by Gasteiger charge is 2.26. The van der Waals surface area contributed by atoms with E-state index in [-0.39, 0.29) is 18.7 Å². The molecule has 166 valence electrons. The summed E-state index contributed by atoms with van der Waals surface area (Å²) < 4.78 is 11.1. The summed E-state index contributed by atoms with van der Waals surface area (Å²) in [5.41, 5.74) is 1.17. The van der Waals surface area contributed by atoms with Crippen LogP contribution in [-0.4, -0.2) is 28.8 Å². The van der Waals surface area contributed by atoms with Crippen LogP contribution in [0.4, 0.5) is 0 Å². The molecule has 8 heteroatoms. The number of furan rings is 1. The molecule has 2 aromatic heterocycles. The van der Waals surface area contributed by atoms with Gasteiger partial charge in [-0.15, -0.1) is 0 Å². The van der Waals surface area contributed by atoms with E-state index in [9.17, 15) is 14.4 Å². The molecule has 1 N–H and O–H groups in total. The molecule has 0 bridgehead atoms. The van der Waals surface area contributed by atoms with Gasteiger partial charge >= 0.3 is 5.97 Å². The maximum Gasteiger partial charge on any atom is 0.344 e. The molecule has 1 amide bonds. The van der Waals surface area contributed by atoms with Crippen LogP contribution in [0.3, 0.4) is 0 Å². The summed E-state index contributed by atoms with van der Waals surface area (Å²) in [6.07, 6.45) is 1.50. The number of hydrogen-bond donors (Lipinski definition) is 1. The quantitative estimate of drug-likeness (QED) is 0.440. The Morgan fingerprint density at radius 2 is 1.64 bits per heavy atom. The molecule has 4 rings (SSSR count). The Bertz CT molecular complexity index is 1310. The van der Waals surface area contributed by atoms with Crippen molar-refractivity contribution in [1.82, 2.24) is 15.1 Å². The molecule has 0 atom stereocenters. The van der Waals surface area contributed by atoms with Gasteiger partial charge in [0.15, 0.2) is 0 Å². The van der Waals surface area contributed by atoms with Gasteiger partial charge in [0.1, 0.15) is 17.9 Å². The summed E-state index contributed by atoms with van der Waals surface area (Å²) >= 11 is 0. The number of methoxy groups -OCH3 is 1. The lowest BCUT2D eigenvalue weighted by atomic mass is 9.95. The fourth-order valence-electron chi connectivity index (χ4n) is 3.44. The summed E-state index contributed by atoms with van der Waals surface area (Å²) in [6, 6.07) is 21.6. The minimum atomic E-state index is -0.803. The summed E-state index contributed by atoms with van der Waals surface area (Å²) in [4.78, 5) is 38.6. The Balaban J connectivity index is 1.84. The van der Waals surface area contributed by atoms with Crippen molar-refractivity contribution in [1.29, 1.82) is 0 Å². The number of aromatic nitrogens is 2.